The number of esters is 1. The van der Waals surface area contributed by atoms with Gasteiger partial charge >= 0.3 is 5.97 Å². The van der Waals surface area contributed by atoms with Crippen LogP contribution in [0.3, 0.4) is 0 Å². The van der Waals surface area contributed by atoms with Gasteiger partial charge in [-0.1, -0.05) is 35.3 Å². The quantitative estimate of drug-likeness (QED) is 0.221. The van der Waals surface area contributed by atoms with Gasteiger partial charge in [0.1, 0.15) is 5.75 Å². The van der Waals surface area contributed by atoms with E-state index in [0.29, 0.717) is 27.8 Å². The minimum Gasteiger partial charge on any atom is -0.493 e. The molecule has 3 rings (SSSR count). The maximum absolute atomic E-state index is 12.2. The van der Waals surface area contributed by atoms with E-state index in [1.54, 1.807) is 54.6 Å². The first-order valence-corrected chi connectivity index (χ1v) is 10.1. The summed E-state index contributed by atoms with van der Waals surface area (Å²) >= 11 is 11.8. The highest BCUT2D eigenvalue weighted by molar-refractivity contribution is 6.36. The number of ether oxygens (including phenoxy) is 3. The van der Waals surface area contributed by atoms with Crippen molar-refractivity contribution in [2.45, 2.75) is 0 Å². The van der Waals surface area contributed by atoms with Crippen molar-refractivity contribution < 1.29 is 23.8 Å². The number of hydrogen-bond donors (Lipinski definition) is 1. The average molecular weight is 473 g/mol. The molecule has 0 fully saturated rings. The molecular weight excluding hydrogens is 455 g/mol. The van der Waals surface area contributed by atoms with Crippen molar-refractivity contribution >= 4 is 41.3 Å². The van der Waals surface area contributed by atoms with E-state index in [9.17, 15) is 9.59 Å². The van der Waals surface area contributed by atoms with Gasteiger partial charge in [-0.05, 0) is 60.2 Å². The lowest BCUT2D eigenvalue weighted by Crippen LogP contribution is -2.24. The number of amides is 1. The van der Waals surface area contributed by atoms with E-state index < -0.39 is 11.9 Å². The van der Waals surface area contributed by atoms with E-state index in [1.165, 1.54) is 25.5 Å². The number of nitrogens with zero attached hydrogens (tertiary/aromatic N) is 1. The van der Waals surface area contributed by atoms with Crippen LogP contribution in [0.1, 0.15) is 15.9 Å². The maximum Gasteiger partial charge on any atom is 0.345 e. The van der Waals surface area contributed by atoms with E-state index in [0.717, 1.165) is 0 Å². The third-order valence-corrected chi connectivity index (χ3v) is 4.62. The molecule has 0 saturated heterocycles. The van der Waals surface area contributed by atoms with Crippen LogP contribution in [0.4, 0.5) is 0 Å². The summed E-state index contributed by atoms with van der Waals surface area (Å²) in [4.78, 5) is 24.1. The zero-order valence-corrected chi connectivity index (χ0v) is 18.4. The van der Waals surface area contributed by atoms with Gasteiger partial charge in [0, 0.05) is 5.02 Å². The molecule has 0 aliphatic heterocycles. The van der Waals surface area contributed by atoms with Crippen LogP contribution in [-0.4, -0.2) is 31.8 Å². The van der Waals surface area contributed by atoms with Crippen molar-refractivity contribution in [1.29, 1.82) is 0 Å². The number of hydrazone groups is 1. The minimum absolute atomic E-state index is 0.205. The number of nitrogens with one attached hydrogen (secondary N) is 1. The smallest absolute Gasteiger partial charge is 0.345 e. The second kappa shape index (κ2) is 11.2. The van der Waals surface area contributed by atoms with Gasteiger partial charge in [-0.3, -0.25) is 4.79 Å². The topological polar surface area (TPSA) is 86.2 Å². The summed E-state index contributed by atoms with van der Waals surface area (Å²) < 4.78 is 15.9. The number of halogens is 2. The molecule has 0 bridgehead atoms. The molecule has 0 heterocycles. The fourth-order valence-electron chi connectivity index (χ4n) is 2.53. The lowest BCUT2D eigenvalue weighted by Gasteiger charge is -2.09. The van der Waals surface area contributed by atoms with Gasteiger partial charge in [0.25, 0.3) is 5.91 Å². The predicted octanol–water partition coefficient (Wildman–Crippen LogP) is 4.75. The molecule has 1 amide bonds. The standard InChI is InChI=1S/C23H18Cl2N2O5/c1-30-20-4-2-3-5-21(20)31-14-22(28)27-26-13-15-6-9-17(10-7-15)32-23(29)18-11-8-16(24)12-19(18)25/h2-13H,14H2,1H3,(H,27,28)/b26-13-. The minimum atomic E-state index is -0.601. The van der Waals surface area contributed by atoms with Crippen molar-refractivity contribution in [2.24, 2.45) is 5.10 Å². The Kier molecular flexibility index (Phi) is 8.08. The summed E-state index contributed by atoms with van der Waals surface area (Å²) in [6, 6.07) is 18.1. The Labute approximate surface area is 194 Å². The number of rotatable bonds is 8. The SMILES string of the molecule is COc1ccccc1OCC(=O)N/N=C\c1ccc(OC(=O)c2ccc(Cl)cc2Cl)cc1. The van der Waals surface area contributed by atoms with Crippen LogP contribution in [0.15, 0.2) is 71.8 Å². The molecule has 164 valence electrons. The molecule has 0 aliphatic rings. The molecule has 3 aromatic rings. The molecule has 3 aromatic carbocycles. The highest BCUT2D eigenvalue weighted by Crippen LogP contribution is 2.25. The fraction of sp³-hybridized carbons (Fsp3) is 0.0870. The number of methoxy groups -OCH3 is 1. The van der Waals surface area contributed by atoms with E-state index in [-0.39, 0.29) is 17.2 Å². The molecular formula is C23H18Cl2N2O5. The van der Waals surface area contributed by atoms with Crippen LogP contribution < -0.4 is 19.6 Å². The van der Waals surface area contributed by atoms with Crippen molar-refractivity contribution in [2.75, 3.05) is 13.7 Å². The maximum atomic E-state index is 12.2. The van der Waals surface area contributed by atoms with Crippen molar-refractivity contribution in [3.8, 4) is 17.2 Å². The third kappa shape index (κ3) is 6.47. The molecule has 0 spiro atoms. The summed E-state index contributed by atoms with van der Waals surface area (Å²) in [6.07, 6.45) is 1.45. The first-order chi connectivity index (χ1) is 15.5. The van der Waals surface area contributed by atoms with Crippen LogP contribution in [-0.2, 0) is 4.79 Å². The Bertz CT molecular complexity index is 1130. The Hall–Kier alpha value is -3.55. The largest absolute Gasteiger partial charge is 0.493 e. The second-order valence-electron chi connectivity index (χ2n) is 6.32. The molecule has 0 atom stereocenters. The van der Waals surface area contributed by atoms with Crippen molar-refractivity contribution in [1.82, 2.24) is 5.43 Å². The summed E-state index contributed by atoms with van der Waals surface area (Å²) in [5.74, 6) is 0.280. The van der Waals surface area contributed by atoms with E-state index >= 15 is 0 Å². The Morgan fingerprint density at radius 2 is 1.72 bits per heavy atom. The first-order valence-electron chi connectivity index (χ1n) is 9.31. The lowest BCUT2D eigenvalue weighted by atomic mass is 10.2. The second-order valence-corrected chi connectivity index (χ2v) is 7.16. The molecule has 0 aliphatic carbocycles. The fourth-order valence-corrected chi connectivity index (χ4v) is 3.02. The van der Waals surface area contributed by atoms with Gasteiger partial charge in [-0.25, -0.2) is 10.2 Å². The molecule has 0 saturated carbocycles. The van der Waals surface area contributed by atoms with E-state index in [1.807, 2.05) is 0 Å². The molecule has 9 heteroatoms. The van der Waals surface area contributed by atoms with Crippen LogP contribution in [0.2, 0.25) is 10.0 Å². The zero-order chi connectivity index (χ0) is 22.9. The molecule has 0 unspecified atom stereocenters. The molecule has 0 radical (unpaired) electrons. The van der Waals surface area contributed by atoms with Crippen LogP contribution >= 0.6 is 23.2 Å². The van der Waals surface area contributed by atoms with Crippen molar-refractivity contribution in [3.05, 3.63) is 87.9 Å². The van der Waals surface area contributed by atoms with Crippen LogP contribution in [0.25, 0.3) is 0 Å². The summed E-state index contributed by atoms with van der Waals surface area (Å²) in [6.45, 7) is -0.222. The Morgan fingerprint density at radius 1 is 1.00 bits per heavy atom. The number of carbonyl (C=O) groups is 2. The van der Waals surface area contributed by atoms with Gasteiger partial charge < -0.3 is 14.2 Å². The van der Waals surface area contributed by atoms with Crippen LogP contribution in [0, 0.1) is 0 Å². The average Bonchev–Trinajstić information content (AvgIpc) is 2.79. The predicted molar refractivity (Wildman–Crippen MR) is 122 cm³/mol. The lowest BCUT2D eigenvalue weighted by molar-refractivity contribution is -0.123. The van der Waals surface area contributed by atoms with E-state index in [4.69, 9.17) is 37.4 Å². The van der Waals surface area contributed by atoms with Gasteiger partial charge in [0.05, 0.1) is 23.9 Å². The first kappa shape index (κ1) is 23.1. The molecule has 7 nitrogen and oxygen atoms in total. The third-order valence-electron chi connectivity index (χ3n) is 4.07. The highest BCUT2D eigenvalue weighted by Gasteiger charge is 2.13. The number of benzene rings is 3. The molecule has 0 aromatic heterocycles. The number of hydrogen-bond acceptors (Lipinski definition) is 6. The van der Waals surface area contributed by atoms with Gasteiger partial charge in [-0.2, -0.15) is 5.10 Å². The van der Waals surface area contributed by atoms with E-state index in [2.05, 4.69) is 10.5 Å². The molecule has 1 N–H and O–H groups in total. The monoisotopic (exact) mass is 472 g/mol. The Morgan fingerprint density at radius 3 is 2.41 bits per heavy atom. The van der Waals surface area contributed by atoms with Gasteiger partial charge in [0.2, 0.25) is 0 Å². The van der Waals surface area contributed by atoms with Crippen LogP contribution in [0.5, 0.6) is 17.2 Å². The Balaban J connectivity index is 1.49. The zero-order valence-electron chi connectivity index (χ0n) is 16.9. The normalized spacial score (nSPS) is 10.6. The van der Waals surface area contributed by atoms with Crippen molar-refractivity contribution in [3.63, 3.8) is 0 Å². The highest BCUT2D eigenvalue weighted by atomic mass is 35.5. The summed E-state index contributed by atoms with van der Waals surface area (Å²) in [5, 5.41) is 4.51. The van der Waals surface area contributed by atoms with Gasteiger partial charge in [0.15, 0.2) is 18.1 Å². The molecule has 32 heavy (non-hydrogen) atoms. The summed E-state index contributed by atoms with van der Waals surface area (Å²) in [5.41, 5.74) is 3.26. The van der Waals surface area contributed by atoms with Gasteiger partial charge in [-0.15, -0.1) is 0 Å². The number of para-hydroxylation sites is 2. The number of carbonyl (C=O) groups excluding carboxylic acids is 2. The summed E-state index contributed by atoms with van der Waals surface area (Å²) in [7, 11) is 1.52.